The number of aryl methyl sites for hydroxylation is 1. The maximum absolute atomic E-state index is 12.4. The normalized spacial score (nSPS) is 20.8. The molecule has 5 nitrogen and oxygen atoms in total. The van der Waals surface area contributed by atoms with Crippen LogP contribution in [0, 0.1) is 0 Å². The number of hydrogen-bond donors (Lipinski definition) is 3. The Hall–Kier alpha value is -2.66. The van der Waals surface area contributed by atoms with Crippen molar-refractivity contribution < 1.29 is 9.59 Å². The first-order valence-electron chi connectivity index (χ1n) is 8.16. The van der Waals surface area contributed by atoms with Crippen LogP contribution in [0.1, 0.15) is 17.5 Å². The molecular formula is C19H21N3O2. The number of amides is 2. The molecule has 5 heteroatoms. The Labute approximate surface area is 141 Å². The van der Waals surface area contributed by atoms with E-state index in [2.05, 4.69) is 16.2 Å². The molecule has 3 N–H and O–H groups in total. The second-order valence-electron chi connectivity index (χ2n) is 5.96. The monoisotopic (exact) mass is 323 g/mol. The van der Waals surface area contributed by atoms with Crippen LogP contribution in [-0.2, 0) is 22.4 Å². The first kappa shape index (κ1) is 16.2. The molecular weight excluding hydrogens is 302 g/mol. The summed E-state index contributed by atoms with van der Waals surface area (Å²) in [6, 6.07) is 18.7. The predicted molar refractivity (Wildman–Crippen MR) is 91.9 cm³/mol. The number of nitrogens with one attached hydrogen (secondary N) is 3. The fraction of sp³-hybridized carbons (Fsp3) is 0.263. The van der Waals surface area contributed by atoms with E-state index in [9.17, 15) is 9.59 Å². The van der Waals surface area contributed by atoms with Crippen molar-refractivity contribution in [3.05, 3.63) is 71.8 Å². The zero-order chi connectivity index (χ0) is 16.8. The summed E-state index contributed by atoms with van der Waals surface area (Å²) in [5.74, 6) is -0.361. The molecule has 3 rings (SSSR count). The predicted octanol–water partition coefficient (Wildman–Crippen LogP) is 1.35. The molecule has 2 aromatic rings. The molecule has 1 heterocycles. The minimum Gasteiger partial charge on any atom is -0.343 e. The van der Waals surface area contributed by atoms with Crippen LogP contribution in [-0.4, -0.2) is 23.9 Å². The van der Waals surface area contributed by atoms with Crippen LogP contribution in [0.15, 0.2) is 60.7 Å². The third-order valence-electron chi connectivity index (χ3n) is 4.17. The molecule has 0 spiro atoms. The van der Waals surface area contributed by atoms with Gasteiger partial charge in [0.1, 0.15) is 12.1 Å². The third-order valence-corrected chi connectivity index (χ3v) is 4.17. The summed E-state index contributed by atoms with van der Waals surface area (Å²) in [5, 5.41) is 2.85. The number of carbonyl (C=O) groups excluding carboxylic acids is 2. The van der Waals surface area contributed by atoms with E-state index < -0.39 is 12.1 Å². The summed E-state index contributed by atoms with van der Waals surface area (Å²) in [5.41, 5.74) is 7.70. The first-order chi connectivity index (χ1) is 11.7. The van der Waals surface area contributed by atoms with Crippen LogP contribution in [0.5, 0.6) is 0 Å². The van der Waals surface area contributed by atoms with E-state index in [1.807, 2.05) is 60.7 Å². The highest BCUT2D eigenvalue weighted by Crippen LogP contribution is 2.09. The van der Waals surface area contributed by atoms with E-state index in [0.717, 1.165) is 12.0 Å². The molecule has 1 fully saturated rings. The second-order valence-corrected chi connectivity index (χ2v) is 5.96. The van der Waals surface area contributed by atoms with Crippen LogP contribution >= 0.6 is 0 Å². The molecule has 24 heavy (non-hydrogen) atoms. The number of rotatable bonds is 5. The molecule has 0 aromatic heterocycles. The van der Waals surface area contributed by atoms with Gasteiger partial charge in [0.2, 0.25) is 5.91 Å². The Morgan fingerprint density at radius 2 is 1.38 bits per heavy atom. The SMILES string of the molecule is O=C1N[C@@H](Cc2ccccc2)C(=O)NNC1CCc1ccccc1. The standard InChI is InChI=1S/C19H21N3O2/c23-18-16(12-11-14-7-3-1-4-8-14)21-22-19(24)17(20-18)13-15-9-5-2-6-10-15/h1-10,16-17,21H,11-13H2,(H,20,23)(H,22,24)/t16?,17-/m0/s1. The van der Waals surface area contributed by atoms with Crippen LogP contribution in [0.3, 0.4) is 0 Å². The van der Waals surface area contributed by atoms with Crippen molar-refractivity contribution in [1.29, 1.82) is 0 Å². The largest absolute Gasteiger partial charge is 0.343 e. The van der Waals surface area contributed by atoms with Gasteiger partial charge in [-0.3, -0.25) is 15.0 Å². The van der Waals surface area contributed by atoms with Crippen molar-refractivity contribution in [3.8, 4) is 0 Å². The summed E-state index contributed by atoms with van der Waals surface area (Å²) >= 11 is 0. The van der Waals surface area contributed by atoms with Gasteiger partial charge in [0.15, 0.2) is 0 Å². The van der Waals surface area contributed by atoms with E-state index >= 15 is 0 Å². The number of hydrogen-bond acceptors (Lipinski definition) is 3. The molecule has 0 aliphatic carbocycles. The lowest BCUT2D eigenvalue weighted by Gasteiger charge is -2.15. The van der Waals surface area contributed by atoms with E-state index in [4.69, 9.17) is 0 Å². The zero-order valence-electron chi connectivity index (χ0n) is 13.4. The van der Waals surface area contributed by atoms with Crippen molar-refractivity contribution in [2.45, 2.75) is 31.3 Å². The van der Waals surface area contributed by atoms with Gasteiger partial charge in [-0.15, -0.1) is 0 Å². The maximum atomic E-state index is 12.4. The molecule has 1 unspecified atom stereocenters. The van der Waals surface area contributed by atoms with Crippen LogP contribution < -0.4 is 16.2 Å². The number of hydrazine groups is 1. The van der Waals surface area contributed by atoms with Crippen LogP contribution in [0.2, 0.25) is 0 Å². The smallest absolute Gasteiger partial charge is 0.257 e. The third kappa shape index (κ3) is 4.20. The van der Waals surface area contributed by atoms with Gasteiger partial charge in [0, 0.05) is 6.42 Å². The Morgan fingerprint density at radius 1 is 0.750 bits per heavy atom. The van der Waals surface area contributed by atoms with Crippen LogP contribution in [0.4, 0.5) is 0 Å². The minimum absolute atomic E-state index is 0.148. The van der Waals surface area contributed by atoms with Gasteiger partial charge >= 0.3 is 0 Å². The van der Waals surface area contributed by atoms with E-state index in [-0.39, 0.29) is 11.8 Å². The van der Waals surface area contributed by atoms with Gasteiger partial charge in [-0.05, 0) is 24.0 Å². The number of carbonyl (C=O) groups is 2. The molecule has 0 saturated carbocycles. The van der Waals surface area contributed by atoms with Crippen molar-refractivity contribution in [2.24, 2.45) is 0 Å². The van der Waals surface area contributed by atoms with Crippen molar-refractivity contribution in [2.75, 3.05) is 0 Å². The second kappa shape index (κ2) is 7.75. The Bertz CT molecular complexity index is 688. The average molecular weight is 323 g/mol. The molecule has 2 amide bonds. The number of benzene rings is 2. The summed E-state index contributed by atoms with van der Waals surface area (Å²) in [4.78, 5) is 24.6. The Kier molecular flexibility index (Phi) is 5.23. The summed E-state index contributed by atoms with van der Waals surface area (Å²) in [6.45, 7) is 0. The molecule has 0 radical (unpaired) electrons. The molecule has 2 aromatic carbocycles. The summed E-state index contributed by atoms with van der Waals surface area (Å²) in [6.07, 6.45) is 1.87. The van der Waals surface area contributed by atoms with Gasteiger partial charge in [-0.25, -0.2) is 5.43 Å². The van der Waals surface area contributed by atoms with Crippen molar-refractivity contribution >= 4 is 11.8 Å². The Morgan fingerprint density at radius 3 is 2.04 bits per heavy atom. The topological polar surface area (TPSA) is 70.2 Å². The fourth-order valence-electron chi connectivity index (χ4n) is 2.80. The maximum Gasteiger partial charge on any atom is 0.257 e. The first-order valence-corrected chi connectivity index (χ1v) is 8.16. The lowest BCUT2D eigenvalue weighted by Crippen LogP contribution is -2.46. The summed E-state index contributed by atoms with van der Waals surface area (Å²) < 4.78 is 0. The fourth-order valence-corrected chi connectivity index (χ4v) is 2.80. The highest BCUT2D eigenvalue weighted by molar-refractivity contribution is 5.91. The van der Waals surface area contributed by atoms with Crippen LogP contribution in [0.25, 0.3) is 0 Å². The quantitative estimate of drug-likeness (QED) is 0.778. The lowest BCUT2D eigenvalue weighted by molar-refractivity contribution is -0.126. The molecule has 124 valence electrons. The zero-order valence-corrected chi connectivity index (χ0v) is 13.4. The average Bonchev–Trinajstić information content (AvgIpc) is 2.74. The van der Waals surface area contributed by atoms with Gasteiger partial charge in [0.25, 0.3) is 5.91 Å². The van der Waals surface area contributed by atoms with Gasteiger partial charge in [0.05, 0.1) is 0 Å². The molecule has 2 atom stereocenters. The highest BCUT2D eigenvalue weighted by atomic mass is 16.2. The highest BCUT2D eigenvalue weighted by Gasteiger charge is 2.29. The Balaban J connectivity index is 1.60. The molecule has 1 aliphatic rings. The van der Waals surface area contributed by atoms with Gasteiger partial charge < -0.3 is 5.32 Å². The summed E-state index contributed by atoms with van der Waals surface area (Å²) in [7, 11) is 0. The molecule has 1 saturated heterocycles. The van der Waals surface area contributed by atoms with E-state index in [1.54, 1.807) is 0 Å². The van der Waals surface area contributed by atoms with E-state index in [1.165, 1.54) is 5.56 Å². The minimum atomic E-state index is -0.561. The van der Waals surface area contributed by atoms with Gasteiger partial charge in [-0.1, -0.05) is 60.7 Å². The molecule has 0 bridgehead atoms. The van der Waals surface area contributed by atoms with E-state index in [0.29, 0.717) is 12.8 Å². The molecule has 1 aliphatic heterocycles. The van der Waals surface area contributed by atoms with Crippen molar-refractivity contribution in [1.82, 2.24) is 16.2 Å². The lowest BCUT2D eigenvalue weighted by atomic mass is 10.0. The van der Waals surface area contributed by atoms with Crippen molar-refractivity contribution in [3.63, 3.8) is 0 Å². The van der Waals surface area contributed by atoms with Gasteiger partial charge in [-0.2, -0.15) is 0 Å².